The summed E-state index contributed by atoms with van der Waals surface area (Å²) in [6.07, 6.45) is 0. The van der Waals surface area contributed by atoms with Crippen LogP contribution in [0.4, 0.5) is 13.2 Å². The Bertz CT molecular complexity index is 893. The molecule has 2 aromatic carbocycles. The number of nitrogens with zero attached hydrogens (tertiary/aromatic N) is 1. The average Bonchev–Trinajstić information content (AvgIpc) is 2.48. The van der Waals surface area contributed by atoms with E-state index in [1.165, 1.54) is 0 Å². The second-order valence-corrected chi connectivity index (χ2v) is 4.45. The zero-order chi connectivity index (χ0) is 15.7. The van der Waals surface area contributed by atoms with Crippen LogP contribution in [0.1, 0.15) is 0 Å². The maximum absolute atomic E-state index is 13.4. The van der Waals surface area contributed by atoms with Crippen molar-refractivity contribution in [3.63, 3.8) is 0 Å². The Balaban J connectivity index is 2.22. The van der Waals surface area contributed by atoms with Crippen LogP contribution in [0.2, 0.25) is 0 Å². The molecule has 3 rings (SSSR count). The van der Waals surface area contributed by atoms with Gasteiger partial charge in [0.15, 0.2) is 0 Å². The minimum Gasteiger partial charge on any atom is -0.434 e. The van der Waals surface area contributed by atoms with Crippen molar-refractivity contribution in [1.29, 1.82) is 0 Å². The van der Waals surface area contributed by atoms with Gasteiger partial charge in [-0.3, -0.25) is 4.79 Å². The summed E-state index contributed by atoms with van der Waals surface area (Å²) in [5.74, 6) is -0.971. The van der Waals surface area contributed by atoms with Crippen molar-refractivity contribution in [2.45, 2.75) is 6.61 Å². The van der Waals surface area contributed by atoms with Crippen molar-refractivity contribution in [1.82, 2.24) is 9.97 Å². The molecule has 0 saturated heterocycles. The Morgan fingerprint density at radius 3 is 2.68 bits per heavy atom. The molecule has 112 valence electrons. The first-order chi connectivity index (χ1) is 10.5. The van der Waals surface area contributed by atoms with E-state index in [1.54, 1.807) is 24.3 Å². The number of halogens is 3. The lowest BCUT2D eigenvalue weighted by atomic mass is 10.1. The molecule has 22 heavy (non-hydrogen) atoms. The van der Waals surface area contributed by atoms with Gasteiger partial charge in [-0.2, -0.15) is 8.78 Å². The SMILES string of the molecule is O=c1[nH]c(-c2cc(F)ccc2OC(F)F)nc2ccccc12. The highest BCUT2D eigenvalue weighted by molar-refractivity contribution is 5.80. The first kappa shape index (κ1) is 14.1. The normalized spacial score (nSPS) is 11.1. The van der Waals surface area contributed by atoms with Gasteiger partial charge in [-0.15, -0.1) is 0 Å². The van der Waals surface area contributed by atoms with Crippen LogP contribution in [0, 0.1) is 5.82 Å². The van der Waals surface area contributed by atoms with Crippen LogP contribution in [-0.4, -0.2) is 16.6 Å². The number of fused-ring (bicyclic) bond motifs is 1. The molecule has 4 nitrogen and oxygen atoms in total. The molecule has 0 fully saturated rings. The van der Waals surface area contributed by atoms with Crippen molar-refractivity contribution in [2.24, 2.45) is 0 Å². The topological polar surface area (TPSA) is 55.0 Å². The highest BCUT2D eigenvalue weighted by Gasteiger charge is 2.15. The van der Waals surface area contributed by atoms with Gasteiger partial charge in [-0.1, -0.05) is 12.1 Å². The van der Waals surface area contributed by atoms with Crippen molar-refractivity contribution in [2.75, 3.05) is 0 Å². The highest BCUT2D eigenvalue weighted by Crippen LogP contribution is 2.29. The van der Waals surface area contributed by atoms with Crippen LogP contribution in [0.25, 0.3) is 22.3 Å². The number of aromatic nitrogens is 2. The van der Waals surface area contributed by atoms with E-state index in [9.17, 15) is 18.0 Å². The molecule has 1 N–H and O–H groups in total. The molecular formula is C15H9F3N2O2. The Labute approximate surface area is 122 Å². The molecule has 0 unspecified atom stereocenters. The zero-order valence-corrected chi connectivity index (χ0v) is 11.0. The van der Waals surface area contributed by atoms with Crippen LogP contribution >= 0.6 is 0 Å². The van der Waals surface area contributed by atoms with E-state index in [0.29, 0.717) is 10.9 Å². The summed E-state index contributed by atoms with van der Waals surface area (Å²) < 4.78 is 42.6. The molecule has 0 aliphatic rings. The van der Waals surface area contributed by atoms with Gasteiger partial charge in [0.05, 0.1) is 16.5 Å². The lowest BCUT2D eigenvalue weighted by Crippen LogP contribution is -2.11. The molecule has 1 aromatic heterocycles. The second kappa shape index (κ2) is 5.51. The van der Waals surface area contributed by atoms with Gasteiger partial charge < -0.3 is 9.72 Å². The summed E-state index contributed by atoms with van der Waals surface area (Å²) >= 11 is 0. The molecule has 1 heterocycles. The van der Waals surface area contributed by atoms with Gasteiger partial charge in [0.25, 0.3) is 5.56 Å². The third kappa shape index (κ3) is 2.65. The molecule has 0 aliphatic heterocycles. The molecular weight excluding hydrogens is 297 g/mol. The van der Waals surface area contributed by atoms with Crippen molar-refractivity contribution >= 4 is 10.9 Å². The van der Waals surface area contributed by atoms with Crippen LogP contribution in [0.15, 0.2) is 47.3 Å². The Hall–Kier alpha value is -2.83. The molecule has 0 atom stereocenters. The number of hydrogen-bond donors (Lipinski definition) is 1. The third-order valence-corrected chi connectivity index (χ3v) is 3.03. The maximum atomic E-state index is 13.4. The predicted octanol–water partition coefficient (Wildman–Crippen LogP) is 3.33. The van der Waals surface area contributed by atoms with E-state index in [2.05, 4.69) is 14.7 Å². The fraction of sp³-hybridized carbons (Fsp3) is 0.0667. The van der Waals surface area contributed by atoms with Gasteiger partial charge >= 0.3 is 6.61 Å². The van der Waals surface area contributed by atoms with Gasteiger partial charge in [-0.05, 0) is 30.3 Å². The smallest absolute Gasteiger partial charge is 0.387 e. The quantitative estimate of drug-likeness (QED) is 0.807. The van der Waals surface area contributed by atoms with Gasteiger partial charge in [-0.25, -0.2) is 9.37 Å². The lowest BCUT2D eigenvalue weighted by molar-refractivity contribution is -0.0495. The van der Waals surface area contributed by atoms with E-state index in [1.807, 2.05) is 0 Å². The number of para-hydroxylation sites is 1. The molecule has 0 aliphatic carbocycles. The van der Waals surface area contributed by atoms with E-state index < -0.39 is 18.0 Å². The molecule has 0 saturated carbocycles. The van der Waals surface area contributed by atoms with Crippen LogP contribution in [0.3, 0.4) is 0 Å². The largest absolute Gasteiger partial charge is 0.434 e. The summed E-state index contributed by atoms with van der Waals surface area (Å²) in [4.78, 5) is 18.6. The average molecular weight is 306 g/mol. The van der Waals surface area contributed by atoms with Crippen molar-refractivity contribution in [3.05, 3.63) is 58.6 Å². The number of benzene rings is 2. The van der Waals surface area contributed by atoms with Crippen LogP contribution in [0.5, 0.6) is 5.75 Å². The van der Waals surface area contributed by atoms with Gasteiger partial charge in [0.1, 0.15) is 17.4 Å². The fourth-order valence-electron chi connectivity index (χ4n) is 2.10. The van der Waals surface area contributed by atoms with E-state index in [0.717, 1.165) is 18.2 Å². The first-order valence-corrected chi connectivity index (χ1v) is 6.28. The number of nitrogens with one attached hydrogen (secondary N) is 1. The molecule has 0 radical (unpaired) electrons. The lowest BCUT2D eigenvalue weighted by Gasteiger charge is -2.10. The Kier molecular flexibility index (Phi) is 3.54. The highest BCUT2D eigenvalue weighted by atomic mass is 19.3. The third-order valence-electron chi connectivity index (χ3n) is 3.03. The van der Waals surface area contributed by atoms with Crippen molar-refractivity contribution < 1.29 is 17.9 Å². The van der Waals surface area contributed by atoms with Crippen LogP contribution < -0.4 is 10.3 Å². The monoisotopic (exact) mass is 306 g/mol. The molecule has 7 heteroatoms. The number of aromatic amines is 1. The summed E-state index contributed by atoms with van der Waals surface area (Å²) in [5.41, 5.74) is -0.135. The summed E-state index contributed by atoms with van der Waals surface area (Å²) in [5, 5.41) is 0.346. The van der Waals surface area contributed by atoms with Crippen LogP contribution in [-0.2, 0) is 0 Å². The zero-order valence-electron chi connectivity index (χ0n) is 11.0. The number of rotatable bonds is 3. The van der Waals surface area contributed by atoms with Crippen molar-refractivity contribution in [3.8, 4) is 17.1 Å². The fourth-order valence-corrected chi connectivity index (χ4v) is 2.10. The number of alkyl halides is 2. The molecule has 3 aromatic rings. The van der Waals surface area contributed by atoms with Gasteiger partial charge in [0.2, 0.25) is 0 Å². The minimum atomic E-state index is -3.07. The number of hydrogen-bond acceptors (Lipinski definition) is 3. The summed E-state index contributed by atoms with van der Waals surface area (Å²) in [6, 6.07) is 9.55. The number of ether oxygens (including phenoxy) is 1. The molecule has 0 amide bonds. The maximum Gasteiger partial charge on any atom is 0.387 e. The second-order valence-electron chi connectivity index (χ2n) is 4.45. The first-order valence-electron chi connectivity index (χ1n) is 6.28. The Morgan fingerprint density at radius 1 is 1.14 bits per heavy atom. The molecule has 0 spiro atoms. The molecule has 0 bridgehead atoms. The summed E-state index contributed by atoms with van der Waals surface area (Å²) in [6.45, 7) is -3.07. The van der Waals surface area contributed by atoms with Gasteiger partial charge in [0, 0.05) is 0 Å². The summed E-state index contributed by atoms with van der Waals surface area (Å²) in [7, 11) is 0. The minimum absolute atomic E-state index is 0.0427. The standard InChI is InChI=1S/C15H9F3N2O2/c16-8-5-6-12(22-15(17)18)10(7-8)13-19-11-4-2-1-3-9(11)14(21)20-13/h1-7,15H,(H,19,20,21). The van der Waals surface area contributed by atoms with E-state index in [-0.39, 0.29) is 17.1 Å². The predicted molar refractivity (Wildman–Crippen MR) is 74.4 cm³/mol. The van der Waals surface area contributed by atoms with E-state index >= 15 is 0 Å². The Morgan fingerprint density at radius 2 is 1.91 bits per heavy atom. The number of H-pyrrole nitrogens is 1. The van der Waals surface area contributed by atoms with E-state index in [4.69, 9.17) is 0 Å².